The molecular weight excluding hydrogens is 218 g/mol. The van der Waals surface area contributed by atoms with Crippen LogP contribution >= 0.6 is 0 Å². The smallest absolute Gasteiger partial charge is 0.0123 e. The fraction of sp³-hybridized carbons (Fsp3) is 1.00. The first-order chi connectivity index (χ1) is 8.66. The van der Waals surface area contributed by atoms with Gasteiger partial charge in [-0.2, -0.15) is 0 Å². The molecule has 0 aromatic rings. The minimum atomic E-state index is 0.579. The van der Waals surface area contributed by atoms with E-state index in [0.29, 0.717) is 5.41 Å². The van der Waals surface area contributed by atoms with E-state index >= 15 is 0 Å². The van der Waals surface area contributed by atoms with Crippen LogP contribution in [0.25, 0.3) is 0 Å². The molecule has 1 heteroatoms. The van der Waals surface area contributed by atoms with Gasteiger partial charge in [0.25, 0.3) is 0 Å². The standard InChI is InChI=1S/C17H35N/c1-5-8-11-15(6-2)14-16(18-7-3)17(4)12-9-10-13-17/h15-16,18H,5-14H2,1-4H3. The third-order valence-corrected chi connectivity index (χ3v) is 5.15. The summed E-state index contributed by atoms with van der Waals surface area (Å²) in [7, 11) is 0. The Morgan fingerprint density at radius 1 is 1.11 bits per heavy atom. The Kier molecular flexibility index (Phi) is 7.29. The van der Waals surface area contributed by atoms with Gasteiger partial charge in [-0.1, -0.05) is 66.2 Å². The Balaban J connectivity index is 2.54. The summed E-state index contributed by atoms with van der Waals surface area (Å²) in [6, 6.07) is 0.756. The molecule has 1 fully saturated rings. The molecular formula is C17H35N. The van der Waals surface area contributed by atoms with Gasteiger partial charge in [0.05, 0.1) is 0 Å². The van der Waals surface area contributed by atoms with E-state index in [1.54, 1.807) is 0 Å². The predicted octanol–water partition coefficient (Wildman–Crippen LogP) is 5.15. The van der Waals surface area contributed by atoms with E-state index in [9.17, 15) is 0 Å². The van der Waals surface area contributed by atoms with Crippen LogP contribution in [0.5, 0.6) is 0 Å². The molecule has 0 saturated heterocycles. The van der Waals surface area contributed by atoms with Crippen molar-refractivity contribution in [2.45, 2.75) is 91.5 Å². The molecule has 1 saturated carbocycles. The average Bonchev–Trinajstić information content (AvgIpc) is 2.81. The molecule has 0 bridgehead atoms. The summed E-state index contributed by atoms with van der Waals surface area (Å²) in [6.07, 6.45) is 12.7. The molecule has 1 nitrogen and oxygen atoms in total. The largest absolute Gasteiger partial charge is 0.314 e. The minimum Gasteiger partial charge on any atom is -0.314 e. The molecule has 108 valence electrons. The van der Waals surface area contributed by atoms with Crippen molar-refractivity contribution in [2.24, 2.45) is 11.3 Å². The second-order valence-electron chi connectivity index (χ2n) is 6.62. The van der Waals surface area contributed by atoms with Crippen LogP contribution in [0.1, 0.15) is 85.5 Å². The minimum absolute atomic E-state index is 0.579. The van der Waals surface area contributed by atoms with Gasteiger partial charge in [-0.3, -0.25) is 0 Å². The zero-order valence-electron chi connectivity index (χ0n) is 13.2. The highest BCUT2D eigenvalue weighted by atomic mass is 14.9. The molecule has 1 aliphatic rings. The summed E-state index contributed by atoms with van der Waals surface area (Å²) in [5, 5.41) is 3.81. The van der Waals surface area contributed by atoms with Gasteiger partial charge in [0.2, 0.25) is 0 Å². The molecule has 0 aliphatic heterocycles. The maximum atomic E-state index is 3.81. The van der Waals surface area contributed by atoms with Gasteiger partial charge in [0, 0.05) is 6.04 Å². The Labute approximate surface area is 115 Å². The van der Waals surface area contributed by atoms with Gasteiger partial charge >= 0.3 is 0 Å². The maximum absolute atomic E-state index is 3.81. The van der Waals surface area contributed by atoms with Crippen LogP contribution in [-0.4, -0.2) is 12.6 Å². The molecule has 1 rings (SSSR count). The van der Waals surface area contributed by atoms with Crippen LogP contribution in [0.15, 0.2) is 0 Å². The van der Waals surface area contributed by atoms with Crippen LogP contribution in [0, 0.1) is 11.3 Å². The highest BCUT2D eigenvalue weighted by Crippen LogP contribution is 2.43. The lowest BCUT2D eigenvalue weighted by Gasteiger charge is -2.37. The monoisotopic (exact) mass is 253 g/mol. The highest BCUT2D eigenvalue weighted by Gasteiger charge is 2.37. The Bertz CT molecular complexity index is 206. The van der Waals surface area contributed by atoms with Crippen LogP contribution in [0.4, 0.5) is 0 Å². The van der Waals surface area contributed by atoms with Crippen LogP contribution in [0.2, 0.25) is 0 Å². The molecule has 0 amide bonds. The lowest BCUT2D eigenvalue weighted by Crippen LogP contribution is -2.43. The molecule has 0 aromatic heterocycles. The van der Waals surface area contributed by atoms with Crippen molar-refractivity contribution in [1.82, 2.24) is 5.32 Å². The van der Waals surface area contributed by atoms with Crippen LogP contribution in [-0.2, 0) is 0 Å². The zero-order chi connectivity index (χ0) is 13.4. The van der Waals surface area contributed by atoms with Gasteiger partial charge in [-0.15, -0.1) is 0 Å². The summed E-state index contributed by atoms with van der Waals surface area (Å²) in [5.41, 5.74) is 0.579. The molecule has 2 atom stereocenters. The summed E-state index contributed by atoms with van der Waals surface area (Å²) in [5.74, 6) is 0.937. The third kappa shape index (κ3) is 4.57. The first kappa shape index (κ1) is 16.0. The Morgan fingerprint density at radius 3 is 2.28 bits per heavy atom. The molecule has 2 unspecified atom stereocenters. The summed E-state index contributed by atoms with van der Waals surface area (Å²) in [4.78, 5) is 0. The van der Waals surface area contributed by atoms with Crippen LogP contribution in [0.3, 0.4) is 0 Å². The van der Waals surface area contributed by atoms with E-state index in [-0.39, 0.29) is 0 Å². The molecule has 0 spiro atoms. The van der Waals surface area contributed by atoms with Crippen LogP contribution < -0.4 is 5.32 Å². The van der Waals surface area contributed by atoms with Gasteiger partial charge < -0.3 is 5.32 Å². The Morgan fingerprint density at radius 2 is 1.78 bits per heavy atom. The Hall–Kier alpha value is -0.0400. The number of rotatable bonds is 9. The fourth-order valence-corrected chi connectivity index (χ4v) is 3.71. The second-order valence-corrected chi connectivity index (χ2v) is 6.62. The van der Waals surface area contributed by atoms with E-state index in [4.69, 9.17) is 0 Å². The lowest BCUT2D eigenvalue weighted by molar-refractivity contribution is 0.183. The highest BCUT2D eigenvalue weighted by molar-refractivity contribution is 4.92. The van der Waals surface area contributed by atoms with Gasteiger partial charge in [-0.25, -0.2) is 0 Å². The topological polar surface area (TPSA) is 12.0 Å². The summed E-state index contributed by atoms with van der Waals surface area (Å²) >= 11 is 0. The average molecular weight is 253 g/mol. The van der Waals surface area contributed by atoms with E-state index in [2.05, 4.69) is 33.0 Å². The maximum Gasteiger partial charge on any atom is 0.0123 e. The normalized spacial score (nSPS) is 22.0. The van der Waals surface area contributed by atoms with E-state index in [1.165, 1.54) is 57.8 Å². The summed E-state index contributed by atoms with van der Waals surface area (Å²) in [6.45, 7) is 10.6. The molecule has 0 heterocycles. The number of unbranched alkanes of at least 4 members (excludes halogenated alkanes) is 1. The van der Waals surface area contributed by atoms with Crippen molar-refractivity contribution in [2.75, 3.05) is 6.54 Å². The first-order valence-electron chi connectivity index (χ1n) is 8.39. The van der Waals surface area contributed by atoms with Gasteiger partial charge in [0.15, 0.2) is 0 Å². The molecule has 0 radical (unpaired) electrons. The van der Waals surface area contributed by atoms with Crippen molar-refractivity contribution in [3.05, 3.63) is 0 Å². The molecule has 18 heavy (non-hydrogen) atoms. The molecule has 1 aliphatic carbocycles. The third-order valence-electron chi connectivity index (χ3n) is 5.15. The van der Waals surface area contributed by atoms with Gasteiger partial charge in [-0.05, 0) is 37.1 Å². The quantitative estimate of drug-likeness (QED) is 0.599. The van der Waals surface area contributed by atoms with Crippen molar-refractivity contribution < 1.29 is 0 Å². The molecule has 0 aromatic carbocycles. The fourth-order valence-electron chi connectivity index (χ4n) is 3.71. The number of nitrogens with one attached hydrogen (secondary N) is 1. The van der Waals surface area contributed by atoms with Crippen molar-refractivity contribution in [3.8, 4) is 0 Å². The number of hydrogen-bond acceptors (Lipinski definition) is 1. The van der Waals surface area contributed by atoms with Crippen molar-refractivity contribution in [3.63, 3.8) is 0 Å². The number of hydrogen-bond donors (Lipinski definition) is 1. The second kappa shape index (κ2) is 8.19. The van der Waals surface area contributed by atoms with E-state index in [0.717, 1.165) is 18.5 Å². The lowest BCUT2D eigenvalue weighted by atomic mass is 9.75. The first-order valence-corrected chi connectivity index (χ1v) is 8.39. The molecule has 1 N–H and O–H groups in total. The van der Waals surface area contributed by atoms with Crippen molar-refractivity contribution in [1.29, 1.82) is 0 Å². The zero-order valence-corrected chi connectivity index (χ0v) is 13.2. The van der Waals surface area contributed by atoms with E-state index in [1.807, 2.05) is 0 Å². The van der Waals surface area contributed by atoms with Gasteiger partial charge in [0.1, 0.15) is 0 Å². The SMILES string of the molecule is CCCCC(CC)CC(NCC)C1(C)CCCC1. The van der Waals surface area contributed by atoms with Crippen molar-refractivity contribution >= 4 is 0 Å². The predicted molar refractivity (Wildman–Crippen MR) is 82.0 cm³/mol. The van der Waals surface area contributed by atoms with E-state index < -0.39 is 0 Å². The summed E-state index contributed by atoms with van der Waals surface area (Å²) < 4.78 is 0.